The van der Waals surface area contributed by atoms with Gasteiger partial charge in [-0.1, -0.05) is 103 Å². The summed E-state index contributed by atoms with van der Waals surface area (Å²) >= 11 is 1.88. The third kappa shape index (κ3) is 3.92. The highest BCUT2D eigenvalue weighted by Crippen LogP contribution is 2.48. The van der Waals surface area contributed by atoms with Gasteiger partial charge < -0.3 is 9.88 Å². The predicted molar refractivity (Wildman–Crippen MR) is 205 cm³/mol. The van der Waals surface area contributed by atoms with E-state index in [0.717, 1.165) is 18.7 Å². The number of hydrogen-bond donors (Lipinski definition) is 1. The maximum atomic E-state index is 3.86. The predicted octanol–water partition coefficient (Wildman–Crippen LogP) is 10.2. The van der Waals surface area contributed by atoms with Crippen LogP contribution in [-0.2, 0) is 0 Å². The molecule has 0 amide bonds. The van der Waals surface area contributed by atoms with Crippen LogP contribution >= 0.6 is 11.3 Å². The largest absolute Gasteiger partial charge is 0.355 e. The summed E-state index contributed by atoms with van der Waals surface area (Å²) in [5.41, 5.74) is 15.2. The lowest BCUT2D eigenvalue weighted by atomic mass is 9.58. The molecule has 9 aromatic rings. The molecule has 0 fully saturated rings. The fraction of sp³-hybridized carbons (Fsp3) is 0.0233. The number of hydrogen-bond acceptors (Lipinski definition) is 2. The van der Waals surface area contributed by atoms with Crippen molar-refractivity contribution in [3.05, 3.63) is 151 Å². The number of para-hydroxylation sites is 3. The fourth-order valence-corrected chi connectivity index (χ4v) is 9.03. The van der Waals surface area contributed by atoms with Gasteiger partial charge in [0.05, 0.1) is 5.52 Å². The minimum Gasteiger partial charge on any atom is -0.355 e. The van der Waals surface area contributed by atoms with Crippen LogP contribution in [0, 0.1) is 6.92 Å². The standard InChI is InChI=1S/C43H29BN2S/c1-26-13-5-6-16-28(26)31-25-32(42-43-39(31)29-17-7-10-20-35(29)46(43)36-21-11-9-19-33(36)44-42)40-34(45-27-14-3-2-4-15-27)23-24-38-41(40)30-18-8-12-22-37(30)47-38/h2-25,44-45H,1H3. The average Bonchev–Trinajstić information content (AvgIpc) is 3.67. The van der Waals surface area contributed by atoms with E-state index in [1.165, 1.54) is 86.4 Å². The van der Waals surface area contributed by atoms with Gasteiger partial charge in [0.15, 0.2) is 7.28 Å². The SMILES string of the molecule is Cc1ccccc1-c1cc(-c2c(Nc3ccccc3)ccc3sc4ccccc4c23)c2c3c1c1ccccc1n3-c1ccccc1B2. The highest BCUT2D eigenvalue weighted by atomic mass is 32.1. The van der Waals surface area contributed by atoms with Crippen LogP contribution in [0.3, 0.4) is 0 Å². The number of fused-ring (bicyclic) bond motifs is 8. The van der Waals surface area contributed by atoms with Crippen molar-refractivity contribution in [1.82, 2.24) is 4.57 Å². The second-order valence-electron chi connectivity index (χ2n) is 12.6. The monoisotopic (exact) mass is 616 g/mol. The van der Waals surface area contributed by atoms with E-state index < -0.39 is 0 Å². The van der Waals surface area contributed by atoms with E-state index in [0.29, 0.717) is 0 Å². The topological polar surface area (TPSA) is 17.0 Å². The Kier molecular flexibility index (Phi) is 5.79. The van der Waals surface area contributed by atoms with E-state index in [1.807, 2.05) is 11.3 Å². The molecule has 220 valence electrons. The molecule has 4 heteroatoms. The molecule has 0 saturated heterocycles. The second kappa shape index (κ2) is 10.2. The molecule has 3 heterocycles. The Balaban J connectivity index is 1.43. The van der Waals surface area contributed by atoms with Gasteiger partial charge in [0.1, 0.15) is 0 Å². The van der Waals surface area contributed by atoms with Gasteiger partial charge in [-0.15, -0.1) is 11.3 Å². The average molecular weight is 617 g/mol. The van der Waals surface area contributed by atoms with Crippen LogP contribution in [0.2, 0.25) is 0 Å². The van der Waals surface area contributed by atoms with Crippen molar-refractivity contribution in [2.24, 2.45) is 0 Å². The molecule has 10 rings (SSSR count). The Hall–Kier alpha value is -5.58. The molecule has 1 aliphatic heterocycles. The first-order valence-corrected chi connectivity index (χ1v) is 17.1. The van der Waals surface area contributed by atoms with Gasteiger partial charge in [0, 0.05) is 59.1 Å². The zero-order chi connectivity index (χ0) is 31.1. The van der Waals surface area contributed by atoms with Crippen molar-refractivity contribution in [2.75, 3.05) is 5.32 Å². The van der Waals surface area contributed by atoms with E-state index in [-0.39, 0.29) is 0 Å². The molecule has 0 bridgehead atoms. The number of rotatable bonds is 4. The molecule has 1 aliphatic rings. The summed E-state index contributed by atoms with van der Waals surface area (Å²) in [6.07, 6.45) is 0. The summed E-state index contributed by atoms with van der Waals surface area (Å²) in [5, 5.41) is 9.12. The molecule has 0 saturated carbocycles. The van der Waals surface area contributed by atoms with E-state index in [4.69, 9.17) is 0 Å². The molecule has 7 aromatic carbocycles. The van der Waals surface area contributed by atoms with E-state index in [2.05, 4.69) is 162 Å². The molecule has 1 N–H and O–H groups in total. The summed E-state index contributed by atoms with van der Waals surface area (Å²) in [6, 6.07) is 53.3. The van der Waals surface area contributed by atoms with Crippen LogP contribution in [0.15, 0.2) is 146 Å². The Morgan fingerprint density at radius 3 is 2.23 bits per heavy atom. The second-order valence-corrected chi connectivity index (χ2v) is 13.7. The molecule has 2 nitrogen and oxygen atoms in total. The highest BCUT2D eigenvalue weighted by molar-refractivity contribution is 7.26. The number of thiophene rings is 1. The first kappa shape index (κ1) is 26.6. The van der Waals surface area contributed by atoms with Gasteiger partial charge in [0.2, 0.25) is 0 Å². The fourth-order valence-electron chi connectivity index (χ4n) is 7.92. The van der Waals surface area contributed by atoms with Crippen LogP contribution in [0.25, 0.3) is 69.9 Å². The molecule has 0 atom stereocenters. The number of aryl methyl sites for hydroxylation is 1. The van der Waals surface area contributed by atoms with E-state index >= 15 is 0 Å². The normalized spacial score (nSPS) is 12.1. The first-order valence-electron chi connectivity index (χ1n) is 16.2. The maximum Gasteiger partial charge on any atom is 0.198 e. The molecule has 2 aromatic heterocycles. The molecular weight excluding hydrogens is 587 g/mol. The summed E-state index contributed by atoms with van der Waals surface area (Å²) in [5.74, 6) is 0. The van der Waals surface area contributed by atoms with Crippen molar-refractivity contribution < 1.29 is 0 Å². The van der Waals surface area contributed by atoms with Crippen LogP contribution in [-0.4, -0.2) is 11.8 Å². The molecular formula is C43H29BN2S. The smallest absolute Gasteiger partial charge is 0.198 e. The van der Waals surface area contributed by atoms with Crippen molar-refractivity contribution in [3.63, 3.8) is 0 Å². The van der Waals surface area contributed by atoms with Gasteiger partial charge in [-0.2, -0.15) is 0 Å². The summed E-state index contributed by atoms with van der Waals surface area (Å²) in [4.78, 5) is 0. The number of aromatic nitrogens is 1. The van der Waals surface area contributed by atoms with Crippen LogP contribution in [0.1, 0.15) is 5.56 Å². The van der Waals surface area contributed by atoms with Crippen LogP contribution in [0.5, 0.6) is 0 Å². The first-order chi connectivity index (χ1) is 23.2. The number of anilines is 2. The summed E-state index contributed by atoms with van der Waals surface area (Å²) in [6.45, 7) is 2.24. The Labute approximate surface area is 277 Å². The lowest BCUT2D eigenvalue weighted by Crippen LogP contribution is -2.37. The summed E-state index contributed by atoms with van der Waals surface area (Å²) < 4.78 is 5.16. The van der Waals surface area contributed by atoms with Crippen molar-refractivity contribution >= 4 is 82.9 Å². The molecule has 0 unspecified atom stereocenters. The Morgan fingerprint density at radius 2 is 1.34 bits per heavy atom. The zero-order valence-electron chi connectivity index (χ0n) is 25.9. The minimum absolute atomic E-state index is 0.871. The number of benzene rings is 7. The third-order valence-electron chi connectivity index (χ3n) is 9.94. The van der Waals surface area contributed by atoms with Crippen LogP contribution in [0.4, 0.5) is 11.4 Å². The summed E-state index contributed by atoms with van der Waals surface area (Å²) in [7, 11) is 0.871. The molecule has 0 radical (unpaired) electrons. The molecule has 0 spiro atoms. The van der Waals surface area contributed by atoms with Gasteiger partial charge >= 0.3 is 0 Å². The quantitative estimate of drug-likeness (QED) is 0.195. The van der Waals surface area contributed by atoms with Crippen molar-refractivity contribution in [3.8, 4) is 27.9 Å². The minimum atomic E-state index is 0.871. The van der Waals surface area contributed by atoms with E-state index in [9.17, 15) is 0 Å². The lowest BCUT2D eigenvalue weighted by Gasteiger charge is -2.25. The highest BCUT2D eigenvalue weighted by Gasteiger charge is 2.30. The van der Waals surface area contributed by atoms with E-state index in [1.54, 1.807) is 0 Å². The number of nitrogens with one attached hydrogen (secondary N) is 1. The maximum absolute atomic E-state index is 3.86. The lowest BCUT2D eigenvalue weighted by molar-refractivity contribution is 1.19. The Bertz CT molecular complexity index is 2700. The number of nitrogens with zero attached hydrogens (tertiary/aromatic N) is 1. The van der Waals surface area contributed by atoms with Gasteiger partial charge in [0.25, 0.3) is 0 Å². The van der Waals surface area contributed by atoms with Gasteiger partial charge in [-0.3, -0.25) is 0 Å². The van der Waals surface area contributed by atoms with Crippen molar-refractivity contribution in [2.45, 2.75) is 6.92 Å². The zero-order valence-corrected chi connectivity index (χ0v) is 26.7. The molecule has 0 aliphatic carbocycles. The molecule has 47 heavy (non-hydrogen) atoms. The third-order valence-corrected chi connectivity index (χ3v) is 11.1. The van der Waals surface area contributed by atoms with Gasteiger partial charge in [-0.05, 0) is 83.2 Å². The van der Waals surface area contributed by atoms with Crippen molar-refractivity contribution in [1.29, 1.82) is 0 Å². The van der Waals surface area contributed by atoms with Crippen LogP contribution < -0.4 is 16.2 Å². The Morgan fingerprint density at radius 1 is 0.596 bits per heavy atom. The van der Waals surface area contributed by atoms with Gasteiger partial charge in [-0.25, -0.2) is 0 Å².